The summed E-state index contributed by atoms with van der Waals surface area (Å²) in [5.74, 6) is -0.602. The van der Waals surface area contributed by atoms with Gasteiger partial charge in [-0.2, -0.15) is 22.4 Å². The van der Waals surface area contributed by atoms with E-state index in [4.69, 9.17) is 4.74 Å². The van der Waals surface area contributed by atoms with Gasteiger partial charge in [0.15, 0.2) is 6.61 Å². The van der Waals surface area contributed by atoms with Gasteiger partial charge in [-0.25, -0.2) is 13.2 Å². The number of halogens is 3. The molecule has 4 aromatic rings. The van der Waals surface area contributed by atoms with Crippen LogP contribution in [0.15, 0.2) is 82.5 Å². The number of hydrogen-bond donors (Lipinski definition) is 1. The molecule has 15 heteroatoms. The molecule has 0 saturated carbocycles. The molecule has 1 N–H and O–H groups in total. The molecular formula is C32H31F3N6O5S. The van der Waals surface area contributed by atoms with Gasteiger partial charge in [-0.05, 0) is 54.4 Å². The summed E-state index contributed by atoms with van der Waals surface area (Å²) in [5.41, 5.74) is -0.447. The highest BCUT2D eigenvalue weighted by molar-refractivity contribution is 7.90. The first-order valence-electron chi connectivity index (χ1n) is 15.0. The van der Waals surface area contributed by atoms with Crippen LogP contribution in [0.4, 0.5) is 13.2 Å². The second-order valence-corrected chi connectivity index (χ2v) is 13.2. The van der Waals surface area contributed by atoms with E-state index in [-0.39, 0.29) is 39.2 Å². The number of aromatic nitrogens is 2. The van der Waals surface area contributed by atoms with E-state index in [0.29, 0.717) is 22.6 Å². The van der Waals surface area contributed by atoms with Crippen molar-refractivity contribution in [3.63, 3.8) is 0 Å². The van der Waals surface area contributed by atoms with E-state index in [2.05, 4.69) is 10.2 Å². The van der Waals surface area contributed by atoms with Crippen LogP contribution >= 0.6 is 0 Å². The molecule has 3 aromatic carbocycles. The van der Waals surface area contributed by atoms with Crippen molar-refractivity contribution in [1.29, 1.82) is 5.26 Å². The van der Waals surface area contributed by atoms with Crippen molar-refractivity contribution in [2.24, 2.45) is 0 Å². The minimum absolute atomic E-state index is 0.0582. The van der Waals surface area contributed by atoms with Crippen molar-refractivity contribution < 1.29 is 31.1 Å². The Morgan fingerprint density at radius 1 is 1.00 bits per heavy atom. The normalized spacial score (nSPS) is 18.3. The summed E-state index contributed by atoms with van der Waals surface area (Å²) in [7, 11) is -4.65. The van der Waals surface area contributed by atoms with Gasteiger partial charge in [0.1, 0.15) is 11.8 Å². The minimum Gasteiger partial charge on any atom is -0.484 e. The highest BCUT2D eigenvalue weighted by atomic mass is 32.2. The maximum Gasteiger partial charge on any atom is 0.422 e. The van der Waals surface area contributed by atoms with Crippen molar-refractivity contribution in [1.82, 2.24) is 23.7 Å². The van der Waals surface area contributed by atoms with E-state index in [1.807, 2.05) is 6.07 Å². The van der Waals surface area contributed by atoms with Gasteiger partial charge in [0.2, 0.25) is 0 Å². The molecule has 2 saturated heterocycles. The first kappa shape index (κ1) is 32.3. The third-order valence-corrected chi connectivity index (χ3v) is 10.2. The molecule has 6 rings (SSSR count). The maximum atomic E-state index is 14.4. The average molecular weight is 669 g/mol. The fourth-order valence-electron chi connectivity index (χ4n) is 6.22. The molecule has 246 valence electrons. The summed E-state index contributed by atoms with van der Waals surface area (Å²) in [6, 6.07) is 17.7. The van der Waals surface area contributed by atoms with E-state index in [0.717, 1.165) is 61.4 Å². The van der Waals surface area contributed by atoms with Crippen molar-refractivity contribution in [3.8, 4) is 11.8 Å². The zero-order valence-corrected chi connectivity index (χ0v) is 25.9. The van der Waals surface area contributed by atoms with E-state index >= 15 is 0 Å². The minimum atomic E-state index is -4.65. The molecule has 2 aliphatic rings. The van der Waals surface area contributed by atoms with Crippen molar-refractivity contribution in [3.05, 3.63) is 94.4 Å². The summed E-state index contributed by atoms with van der Waals surface area (Å²) in [6.07, 6.45) is -3.84. The number of hydrogen-bond acceptors (Lipinski definition) is 8. The number of benzene rings is 3. The number of amides is 1. The van der Waals surface area contributed by atoms with Crippen LogP contribution in [0.2, 0.25) is 0 Å². The van der Waals surface area contributed by atoms with Gasteiger partial charge in [0, 0.05) is 45.3 Å². The number of rotatable bonds is 8. The summed E-state index contributed by atoms with van der Waals surface area (Å²) in [4.78, 5) is 32.5. The topological polar surface area (TPSA) is 130 Å². The molecule has 3 heterocycles. The quantitative estimate of drug-likeness (QED) is 0.304. The van der Waals surface area contributed by atoms with Gasteiger partial charge in [-0.1, -0.05) is 30.3 Å². The van der Waals surface area contributed by atoms with Crippen LogP contribution in [-0.2, 0) is 14.8 Å². The van der Waals surface area contributed by atoms with Crippen LogP contribution < -0.4 is 15.7 Å². The molecular weight excluding hydrogens is 637 g/mol. The largest absolute Gasteiger partial charge is 0.484 e. The number of carbonyl (C=O) groups excluding carboxylic acids is 1. The predicted octanol–water partition coefficient (Wildman–Crippen LogP) is 2.95. The number of nitriles is 1. The summed E-state index contributed by atoms with van der Waals surface area (Å²) in [6.45, 7) is 2.75. The van der Waals surface area contributed by atoms with Crippen molar-refractivity contribution in [2.75, 3.05) is 45.9 Å². The van der Waals surface area contributed by atoms with Crippen LogP contribution in [0, 0.1) is 11.3 Å². The first-order chi connectivity index (χ1) is 22.5. The fraction of sp³-hybridized carbons (Fsp3) is 0.344. The molecule has 47 heavy (non-hydrogen) atoms. The number of ether oxygens (including phenoxy) is 1. The molecule has 2 unspecified atom stereocenters. The van der Waals surface area contributed by atoms with E-state index in [1.165, 1.54) is 18.2 Å². The highest BCUT2D eigenvalue weighted by Gasteiger charge is 2.38. The lowest BCUT2D eigenvalue weighted by atomic mass is 10.0. The number of imidazole rings is 1. The van der Waals surface area contributed by atoms with Gasteiger partial charge in [0.25, 0.3) is 15.9 Å². The number of nitrogens with one attached hydrogen (secondary N) is 1. The van der Waals surface area contributed by atoms with Gasteiger partial charge in [0.05, 0.1) is 27.6 Å². The predicted molar refractivity (Wildman–Crippen MR) is 165 cm³/mol. The summed E-state index contributed by atoms with van der Waals surface area (Å²) < 4.78 is 72.3. The van der Waals surface area contributed by atoms with E-state index in [9.17, 15) is 36.4 Å². The molecule has 0 spiro atoms. The summed E-state index contributed by atoms with van der Waals surface area (Å²) >= 11 is 0. The Balaban J connectivity index is 1.45. The standard InChI is InChI=1S/C32H31F3N6O5S/c33-32(34,35)21-46-25-7-9-26(10-8-25)47(44,45)41-27-11-6-22(19-36)18-28(27)40(31(41)43)29(23-4-2-1-3-5-23)30(42)39-15-12-24(20-39)38-16-13-37-14-17-38/h1-11,18,24,29,37H,12-17,20-21H2. The molecule has 1 amide bonds. The molecule has 2 fully saturated rings. The van der Waals surface area contributed by atoms with Crippen LogP contribution in [0.5, 0.6) is 5.75 Å². The van der Waals surface area contributed by atoms with Gasteiger partial charge >= 0.3 is 11.9 Å². The smallest absolute Gasteiger partial charge is 0.422 e. The fourth-order valence-corrected chi connectivity index (χ4v) is 7.62. The first-order valence-corrected chi connectivity index (χ1v) is 16.4. The Morgan fingerprint density at radius 3 is 2.36 bits per heavy atom. The molecule has 2 aliphatic heterocycles. The maximum absolute atomic E-state index is 14.4. The van der Waals surface area contributed by atoms with Gasteiger partial charge < -0.3 is 15.0 Å². The van der Waals surface area contributed by atoms with E-state index in [1.54, 1.807) is 35.2 Å². The zero-order valence-electron chi connectivity index (χ0n) is 25.1. The highest BCUT2D eigenvalue weighted by Crippen LogP contribution is 2.30. The molecule has 0 bridgehead atoms. The molecule has 11 nitrogen and oxygen atoms in total. The third-order valence-electron chi connectivity index (χ3n) is 8.48. The number of carbonyl (C=O) groups is 1. The number of likely N-dealkylation sites (tertiary alicyclic amines) is 1. The molecule has 1 aromatic heterocycles. The monoisotopic (exact) mass is 668 g/mol. The van der Waals surface area contributed by atoms with Crippen LogP contribution in [0.3, 0.4) is 0 Å². The molecule has 0 aliphatic carbocycles. The Kier molecular flexibility index (Phi) is 8.84. The SMILES string of the molecule is N#Cc1ccc2c(c1)n(C(C(=O)N1CCC(N3CCNCC3)C1)c1ccccc1)c(=O)n2S(=O)(=O)c1ccc(OCC(F)(F)F)cc1. The number of alkyl halides is 3. The van der Waals surface area contributed by atoms with Crippen LogP contribution in [0.25, 0.3) is 11.0 Å². The van der Waals surface area contributed by atoms with Gasteiger partial charge in [-0.15, -0.1) is 0 Å². The summed E-state index contributed by atoms with van der Waals surface area (Å²) in [5, 5.41) is 13.0. The van der Waals surface area contributed by atoms with Crippen LogP contribution in [-0.4, -0.2) is 90.8 Å². The Labute approximate surface area is 268 Å². The third kappa shape index (κ3) is 6.49. The lowest BCUT2D eigenvalue weighted by molar-refractivity contribution is -0.153. The lowest BCUT2D eigenvalue weighted by Crippen LogP contribution is -2.49. The zero-order chi connectivity index (χ0) is 33.3. The number of nitrogens with zero attached hydrogens (tertiary/aromatic N) is 5. The Bertz CT molecular complexity index is 1980. The van der Waals surface area contributed by atoms with Gasteiger partial charge in [-0.3, -0.25) is 14.3 Å². The molecule has 2 atom stereocenters. The average Bonchev–Trinajstić information content (AvgIpc) is 3.68. The second kappa shape index (κ2) is 12.9. The second-order valence-electron chi connectivity index (χ2n) is 11.4. The van der Waals surface area contributed by atoms with E-state index < -0.39 is 34.5 Å². The van der Waals surface area contributed by atoms with Crippen LogP contribution in [0.1, 0.15) is 23.6 Å². The lowest BCUT2D eigenvalue weighted by Gasteiger charge is -2.33. The number of fused-ring (bicyclic) bond motifs is 1. The Hall–Kier alpha value is -4.65. The van der Waals surface area contributed by atoms with Crippen molar-refractivity contribution in [2.45, 2.75) is 29.6 Å². The molecule has 0 radical (unpaired) electrons. The van der Waals surface area contributed by atoms with Crippen molar-refractivity contribution >= 4 is 27.0 Å². The number of piperazine rings is 1. The Morgan fingerprint density at radius 2 is 1.70 bits per heavy atom.